The number of aromatic nitrogens is 1. The summed E-state index contributed by atoms with van der Waals surface area (Å²) >= 11 is 0. The fourth-order valence-corrected chi connectivity index (χ4v) is 2.74. The minimum absolute atomic E-state index is 0.0248. The summed E-state index contributed by atoms with van der Waals surface area (Å²) in [5.74, 6) is 0.729. The van der Waals surface area contributed by atoms with Crippen molar-refractivity contribution in [3.8, 4) is 0 Å². The van der Waals surface area contributed by atoms with Crippen molar-refractivity contribution in [2.24, 2.45) is 0 Å². The predicted molar refractivity (Wildman–Crippen MR) is 87.2 cm³/mol. The summed E-state index contributed by atoms with van der Waals surface area (Å²) in [7, 11) is -1.78. The van der Waals surface area contributed by atoms with Gasteiger partial charge in [-0.3, -0.25) is 0 Å². The average molecular weight is 307 g/mol. The Hall–Kier alpha value is -1.66. The number of rotatable bonds is 6. The quantitative estimate of drug-likeness (QED) is 0.857. The highest BCUT2D eigenvalue weighted by atomic mass is 32.2. The summed E-state index contributed by atoms with van der Waals surface area (Å²) in [6.07, 6.45) is 0.997. The van der Waals surface area contributed by atoms with Gasteiger partial charge < -0.3 is 5.32 Å². The van der Waals surface area contributed by atoms with E-state index in [-0.39, 0.29) is 5.75 Å². The van der Waals surface area contributed by atoms with Crippen LogP contribution < -0.4 is 10.0 Å². The molecule has 0 spiro atoms. The lowest BCUT2D eigenvalue weighted by molar-refractivity contribution is 0.588. The molecule has 0 saturated carbocycles. The molecule has 0 saturated heterocycles. The molecule has 1 aromatic carbocycles. The minimum atomic E-state index is -3.19. The maximum absolute atomic E-state index is 11.4. The standard InChI is InChI=1S/C15H21N3O2S/c1-4-12-5-6-14-13(10-12)11(2)9-15(18-14)17-7-8-21(19,20)16-3/h5-6,9-10,16H,4,7-8H2,1-3H3,(H,17,18). The highest BCUT2D eigenvalue weighted by Gasteiger charge is 2.07. The molecule has 0 radical (unpaired) electrons. The van der Waals surface area contributed by atoms with Crippen LogP contribution in [0.2, 0.25) is 0 Å². The van der Waals surface area contributed by atoms with E-state index in [0.29, 0.717) is 12.4 Å². The first-order valence-electron chi connectivity index (χ1n) is 7.00. The van der Waals surface area contributed by atoms with Gasteiger partial charge in [0, 0.05) is 11.9 Å². The van der Waals surface area contributed by atoms with Gasteiger partial charge in [-0.2, -0.15) is 0 Å². The van der Waals surface area contributed by atoms with Gasteiger partial charge in [0.25, 0.3) is 0 Å². The third-order valence-corrected chi connectivity index (χ3v) is 4.84. The molecule has 114 valence electrons. The Balaban J connectivity index is 2.19. The Morgan fingerprint density at radius 1 is 1.24 bits per heavy atom. The van der Waals surface area contributed by atoms with E-state index in [0.717, 1.165) is 22.9 Å². The van der Waals surface area contributed by atoms with E-state index in [1.54, 1.807) is 0 Å². The average Bonchev–Trinajstić information content (AvgIpc) is 2.47. The molecular weight excluding hydrogens is 286 g/mol. The van der Waals surface area contributed by atoms with Gasteiger partial charge in [0.15, 0.2) is 0 Å². The number of fused-ring (bicyclic) bond motifs is 1. The molecule has 0 atom stereocenters. The summed E-state index contributed by atoms with van der Waals surface area (Å²) in [5, 5.41) is 4.21. The number of nitrogens with one attached hydrogen (secondary N) is 2. The van der Waals surface area contributed by atoms with Gasteiger partial charge in [-0.15, -0.1) is 0 Å². The predicted octanol–water partition coefficient (Wildman–Crippen LogP) is 2.07. The molecular formula is C15H21N3O2S. The maximum atomic E-state index is 11.4. The zero-order valence-corrected chi connectivity index (χ0v) is 13.4. The highest BCUT2D eigenvalue weighted by molar-refractivity contribution is 7.89. The van der Waals surface area contributed by atoms with Crippen LogP contribution in [0.4, 0.5) is 5.82 Å². The summed E-state index contributed by atoms with van der Waals surface area (Å²) < 4.78 is 25.0. The Morgan fingerprint density at radius 2 is 2.00 bits per heavy atom. The normalized spacial score (nSPS) is 11.8. The maximum Gasteiger partial charge on any atom is 0.213 e. The molecule has 0 aliphatic rings. The van der Waals surface area contributed by atoms with Crippen LogP contribution in [0.5, 0.6) is 0 Å². The molecule has 0 aliphatic heterocycles. The second kappa shape index (κ2) is 6.41. The topological polar surface area (TPSA) is 71.1 Å². The van der Waals surface area contributed by atoms with E-state index in [9.17, 15) is 8.42 Å². The van der Waals surface area contributed by atoms with Crippen LogP contribution in [0.3, 0.4) is 0 Å². The van der Waals surface area contributed by atoms with Crippen molar-refractivity contribution in [1.82, 2.24) is 9.71 Å². The number of aryl methyl sites for hydroxylation is 2. The fraction of sp³-hybridized carbons (Fsp3) is 0.400. The number of benzene rings is 1. The lowest BCUT2D eigenvalue weighted by Crippen LogP contribution is -2.26. The zero-order valence-electron chi connectivity index (χ0n) is 12.6. The molecule has 0 fully saturated rings. The zero-order chi connectivity index (χ0) is 15.5. The first-order valence-corrected chi connectivity index (χ1v) is 8.66. The second-order valence-corrected chi connectivity index (χ2v) is 7.03. The minimum Gasteiger partial charge on any atom is -0.369 e. The molecule has 5 nitrogen and oxygen atoms in total. The number of hydrogen-bond donors (Lipinski definition) is 2. The largest absolute Gasteiger partial charge is 0.369 e. The van der Waals surface area contributed by atoms with Gasteiger partial charge in [0.05, 0.1) is 11.3 Å². The van der Waals surface area contributed by atoms with Crippen LogP contribution in [0.15, 0.2) is 24.3 Å². The van der Waals surface area contributed by atoms with E-state index in [4.69, 9.17) is 0 Å². The molecule has 2 rings (SSSR count). The van der Waals surface area contributed by atoms with E-state index < -0.39 is 10.0 Å². The SMILES string of the molecule is CCc1ccc2nc(NCCS(=O)(=O)NC)cc(C)c2c1. The number of pyridine rings is 1. The van der Waals surface area contributed by atoms with Crippen molar-refractivity contribution < 1.29 is 8.42 Å². The third-order valence-electron chi connectivity index (χ3n) is 3.48. The molecule has 0 bridgehead atoms. The molecule has 6 heteroatoms. The Labute approximate surface area is 125 Å². The monoisotopic (exact) mass is 307 g/mol. The van der Waals surface area contributed by atoms with Crippen LogP contribution in [-0.2, 0) is 16.4 Å². The Bertz CT molecular complexity index is 742. The van der Waals surface area contributed by atoms with Gasteiger partial charge in [0.2, 0.25) is 10.0 Å². The number of nitrogens with zero attached hydrogens (tertiary/aromatic N) is 1. The van der Waals surface area contributed by atoms with Crippen LogP contribution in [0, 0.1) is 6.92 Å². The number of hydrogen-bond acceptors (Lipinski definition) is 4. The third kappa shape index (κ3) is 3.92. The molecule has 0 amide bonds. The van der Waals surface area contributed by atoms with E-state index in [1.165, 1.54) is 12.6 Å². The molecule has 2 N–H and O–H groups in total. The van der Waals surface area contributed by atoms with Crippen molar-refractivity contribution in [3.05, 3.63) is 35.4 Å². The lowest BCUT2D eigenvalue weighted by atomic mass is 10.1. The molecule has 21 heavy (non-hydrogen) atoms. The van der Waals surface area contributed by atoms with Gasteiger partial charge in [0.1, 0.15) is 5.82 Å². The fourth-order valence-electron chi connectivity index (χ4n) is 2.17. The van der Waals surface area contributed by atoms with E-state index in [2.05, 4.69) is 34.1 Å². The van der Waals surface area contributed by atoms with Crippen molar-refractivity contribution in [2.75, 3.05) is 24.7 Å². The summed E-state index contributed by atoms with van der Waals surface area (Å²) in [6.45, 7) is 4.50. The molecule has 0 aliphatic carbocycles. The number of anilines is 1. The molecule has 2 aromatic rings. The molecule has 1 heterocycles. The molecule has 0 unspecified atom stereocenters. The summed E-state index contributed by atoms with van der Waals surface area (Å²) in [4.78, 5) is 4.53. The van der Waals surface area contributed by atoms with Crippen LogP contribution >= 0.6 is 0 Å². The Kier molecular flexibility index (Phi) is 4.80. The molecule has 1 aromatic heterocycles. The van der Waals surface area contributed by atoms with Crippen molar-refractivity contribution in [3.63, 3.8) is 0 Å². The van der Waals surface area contributed by atoms with Crippen molar-refractivity contribution in [1.29, 1.82) is 0 Å². The van der Waals surface area contributed by atoms with Crippen LogP contribution in [-0.4, -0.2) is 32.7 Å². The lowest BCUT2D eigenvalue weighted by Gasteiger charge is -2.10. The number of sulfonamides is 1. The van der Waals surface area contributed by atoms with Gasteiger partial charge in [-0.1, -0.05) is 13.0 Å². The smallest absolute Gasteiger partial charge is 0.213 e. The van der Waals surface area contributed by atoms with Crippen molar-refractivity contribution >= 4 is 26.7 Å². The van der Waals surface area contributed by atoms with Crippen LogP contribution in [0.25, 0.3) is 10.9 Å². The second-order valence-electron chi connectivity index (χ2n) is 4.98. The van der Waals surface area contributed by atoms with Gasteiger partial charge in [-0.25, -0.2) is 18.1 Å². The first kappa shape index (κ1) is 15.7. The van der Waals surface area contributed by atoms with Gasteiger partial charge in [-0.05, 0) is 49.7 Å². The summed E-state index contributed by atoms with van der Waals surface area (Å²) in [5.41, 5.74) is 3.34. The first-order chi connectivity index (χ1) is 9.95. The van der Waals surface area contributed by atoms with Gasteiger partial charge >= 0.3 is 0 Å². The highest BCUT2D eigenvalue weighted by Crippen LogP contribution is 2.21. The van der Waals surface area contributed by atoms with Crippen LogP contribution in [0.1, 0.15) is 18.1 Å². The van der Waals surface area contributed by atoms with E-state index in [1.807, 2.05) is 19.1 Å². The summed E-state index contributed by atoms with van der Waals surface area (Å²) in [6, 6.07) is 8.20. The van der Waals surface area contributed by atoms with Crippen molar-refractivity contribution in [2.45, 2.75) is 20.3 Å². The van der Waals surface area contributed by atoms with E-state index >= 15 is 0 Å². The Morgan fingerprint density at radius 3 is 2.67 bits per heavy atom.